The molecule has 1 aromatic carbocycles. The minimum Gasteiger partial charge on any atom is -0.319 e. The lowest BCUT2D eigenvalue weighted by Crippen LogP contribution is -2.16. The first-order valence-electron chi connectivity index (χ1n) is 4.57. The molecular formula is C11H14Cl2N. The molecule has 0 aliphatic heterocycles. The van der Waals surface area contributed by atoms with Crippen molar-refractivity contribution in [2.24, 2.45) is 0 Å². The van der Waals surface area contributed by atoms with Gasteiger partial charge in [0.05, 0.1) is 10.0 Å². The Morgan fingerprint density at radius 2 is 2.07 bits per heavy atom. The van der Waals surface area contributed by atoms with E-state index in [2.05, 4.69) is 12.2 Å². The summed E-state index contributed by atoms with van der Waals surface area (Å²) in [4.78, 5) is 0. The van der Waals surface area contributed by atoms with Gasteiger partial charge in [-0.2, -0.15) is 0 Å². The Kier molecular flexibility index (Phi) is 4.73. The van der Waals surface area contributed by atoms with Crippen molar-refractivity contribution >= 4 is 23.2 Å². The maximum absolute atomic E-state index is 5.94. The first kappa shape index (κ1) is 11.8. The van der Waals surface area contributed by atoms with Crippen LogP contribution in [0.15, 0.2) is 18.2 Å². The maximum atomic E-state index is 5.94. The van der Waals surface area contributed by atoms with E-state index in [1.807, 2.05) is 25.2 Å². The monoisotopic (exact) mass is 230 g/mol. The molecule has 14 heavy (non-hydrogen) atoms. The normalized spacial score (nSPS) is 12.9. The first-order chi connectivity index (χ1) is 6.69. The van der Waals surface area contributed by atoms with E-state index < -0.39 is 0 Å². The van der Waals surface area contributed by atoms with Gasteiger partial charge in [-0.15, -0.1) is 0 Å². The number of benzene rings is 1. The highest BCUT2D eigenvalue weighted by molar-refractivity contribution is 6.42. The van der Waals surface area contributed by atoms with Crippen LogP contribution in [-0.4, -0.2) is 13.6 Å². The molecule has 1 nitrogen and oxygen atoms in total. The lowest BCUT2D eigenvalue weighted by atomic mass is 9.97. The Bertz CT molecular complexity index is 299. The minimum absolute atomic E-state index is 0.398. The van der Waals surface area contributed by atoms with E-state index in [0.717, 1.165) is 13.0 Å². The fraction of sp³-hybridized carbons (Fsp3) is 0.364. The van der Waals surface area contributed by atoms with Gasteiger partial charge in [0.15, 0.2) is 0 Å². The van der Waals surface area contributed by atoms with Crippen molar-refractivity contribution in [3.8, 4) is 0 Å². The molecule has 0 amide bonds. The molecule has 1 unspecified atom stereocenters. The summed E-state index contributed by atoms with van der Waals surface area (Å²) in [5.41, 5.74) is 1.18. The van der Waals surface area contributed by atoms with Crippen LogP contribution in [0.25, 0.3) is 0 Å². The van der Waals surface area contributed by atoms with Crippen LogP contribution in [-0.2, 0) is 0 Å². The van der Waals surface area contributed by atoms with E-state index in [1.54, 1.807) is 0 Å². The first-order valence-corrected chi connectivity index (χ1v) is 5.33. The van der Waals surface area contributed by atoms with Gasteiger partial charge >= 0.3 is 0 Å². The summed E-state index contributed by atoms with van der Waals surface area (Å²) < 4.78 is 0. The second kappa shape index (κ2) is 5.59. The second-order valence-electron chi connectivity index (χ2n) is 3.22. The highest BCUT2D eigenvalue weighted by atomic mass is 35.5. The molecule has 0 saturated heterocycles. The molecule has 1 rings (SSSR count). The molecule has 3 heteroatoms. The largest absolute Gasteiger partial charge is 0.319 e. The van der Waals surface area contributed by atoms with Gasteiger partial charge in [0.1, 0.15) is 0 Å². The van der Waals surface area contributed by atoms with Crippen LogP contribution in [0.4, 0.5) is 0 Å². The maximum Gasteiger partial charge on any atom is 0.0595 e. The van der Waals surface area contributed by atoms with Crippen LogP contribution in [0, 0.1) is 6.92 Å². The second-order valence-corrected chi connectivity index (χ2v) is 4.03. The molecule has 0 aliphatic rings. The average molecular weight is 231 g/mol. The topological polar surface area (TPSA) is 12.0 Å². The number of likely N-dealkylation sites (N-methyl/N-ethyl adjacent to an activating group) is 1. The molecule has 1 atom stereocenters. The molecule has 0 heterocycles. The standard InChI is InChI=1S/C11H14Cl2N/c1-3-8(7-14-2)9-4-5-10(12)11(13)6-9/h4-6,8,14H,1,3,7H2,2H3. The number of hydrogen-bond acceptors (Lipinski definition) is 1. The van der Waals surface area contributed by atoms with E-state index in [9.17, 15) is 0 Å². The third-order valence-corrected chi connectivity index (χ3v) is 2.95. The Balaban J connectivity index is 2.88. The van der Waals surface area contributed by atoms with Gasteiger partial charge in [-0.05, 0) is 37.1 Å². The molecule has 1 N–H and O–H groups in total. The van der Waals surface area contributed by atoms with Gasteiger partial charge in [-0.3, -0.25) is 0 Å². The predicted molar refractivity (Wildman–Crippen MR) is 63.1 cm³/mol. The van der Waals surface area contributed by atoms with Crippen molar-refractivity contribution in [3.05, 3.63) is 40.7 Å². The third-order valence-electron chi connectivity index (χ3n) is 2.21. The zero-order valence-electron chi connectivity index (χ0n) is 8.19. The van der Waals surface area contributed by atoms with E-state index in [4.69, 9.17) is 23.2 Å². The highest BCUT2D eigenvalue weighted by Gasteiger charge is 2.09. The summed E-state index contributed by atoms with van der Waals surface area (Å²) in [6.45, 7) is 4.82. The van der Waals surface area contributed by atoms with Crippen molar-refractivity contribution in [3.63, 3.8) is 0 Å². The summed E-state index contributed by atoms with van der Waals surface area (Å²) in [5, 5.41) is 4.34. The molecule has 0 saturated carbocycles. The van der Waals surface area contributed by atoms with Gasteiger partial charge in [0.2, 0.25) is 0 Å². The zero-order valence-corrected chi connectivity index (χ0v) is 9.70. The SMILES string of the molecule is [CH2]CC(CNC)c1ccc(Cl)c(Cl)c1. The molecular weight excluding hydrogens is 217 g/mol. The van der Waals surface area contributed by atoms with E-state index in [0.29, 0.717) is 16.0 Å². The van der Waals surface area contributed by atoms with Gasteiger partial charge in [-0.25, -0.2) is 0 Å². The molecule has 0 bridgehead atoms. The molecule has 0 fully saturated rings. The van der Waals surface area contributed by atoms with E-state index in [-0.39, 0.29) is 0 Å². The molecule has 0 aromatic heterocycles. The number of nitrogens with one attached hydrogen (secondary N) is 1. The average Bonchev–Trinajstić information content (AvgIpc) is 2.19. The van der Waals surface area contributed by atoms with Crippen molar-refractivity contribution in [1.82, 2.24) is 5.32 Å². The van der Waals surface area contributed by atoms with Gasteiger partial charge in [0.25, 0.3) is 0 Å². The lowest BCUT2D eigenvalue weighted by molar-refractivity contribution is 0.635. The Morgan fingerprint density at radius 1 is 1.36 bits per heavy atom. The minimum atomic E-state index is 0.398. The van der Waals surface area contributed by atoms with Crippen LogP contribution in [0.1, 0.15) is 17.9 Å². The Labute approximate surface area is 95.4 Å². The van der Waals surface area contributed by atoms with Crippen LogP contribution >= 0.6 is 23.2 Å². The fourth-order valence-corrected chi connectivity index (χ4v) is 1.71. The van der Waals surface area contributed by atoms with Crippen molar-refractivity contribution < 1.29 is 0 Å². The quantitative estimate of drug-likeness (QED) is 0.835. The highest BCUT2D eigenvalue weighted by Crippen LogP contribution is 2.27. The molecule has 1 aromatic rings. The molecule has 77 valence electrons. The zero-order chi connectivity index (χ0) is 10.6. The number of hydrogen-bond donors (Lipinski definition) is 1. The van der Waals surface area contributed by atoms with Crippen molar-refractivity contribution in [2.75, 3.05) is 13.6 Å². The summed E-state index contributed by atoms with van der Waals surface area (Å²) in [5.74, 6) is 0.398. The van der Waals surface area contributed by atoms with E-state index in [1.165, 1.54) is 5.56 Å². The number of halogens is 2. The molecule has 0 aliphatic carbocycles. The van der Waals surface area contributed by atoms with Crippen LogP contribution in [0.2, 0.25) is 10.0 Å². The molecule has 1 radical (unpaired) electrons. The van der Waals surface area contributed by atoms with Crippen LogP contribution in [0.3, 0.4) is 0 Å². The fourth-order valence-electron chi connectivity index (χ4n) is 1.40. The summed E-state index contributed by atoms with van der Waals surface area (Å²) in [7, 11) is 1.93. The summed E-state index contributed by atoms with van der Waals surface area (Å²) >= 11 is 11.8. The van der Waals surface area contributed by atoms with Crippen LogP contribution < -0.4 is 5.32 Å². The van der Waals surface area contributed by atoms with Crippen molar-refractivity contribution in [1.29, 1.82) is 0 Å². The smallest absolute Gasteiger partial charge is 0.0595 e. The molecule has 0 spiro atoms. The van der Waals surface area contributed by atoms with E-state index >= 15 is 0 Å². The van der Waals surface area contributed by atoms with Gasteiger partial charge < -0.3 is 5.32 Å². The van der Waals surface area contributed by atoms with Gasteiger partial charge in [0, 0.05) is 6.54 Å². The summed E-state index contributed by atoms with van der Waals surface area (Å²) in [6.07, 6.45) is 0.846. The van der Waals surface area contributed by atoms with Gasteiger partial charge in [-0.1, -0.05) is 36.2 Å². The Hall–Kier alpha value is -0.240. The summed E-state index contributed by atoms with van der Waals surface area (Å²) in [6, 6.07) is 5.75. The van der Waals surface area contributed by atoms with Crippen molar-refractivity contribution in [2.45, 2.75) is 12.3 Å². The third kappa shape index (κ3) is 2.88. The number of rotatable bonds is 4. The predicted octanol–water partition coefficient (Wildman–Crippen LogP) is 3.52. The Morgan fingerprint density at radius 3 is 2.57 bits per heavy atom. The lowest BCUT2D eigenvalue weighted by Gasteiger charge is -2.15. The van der Waals surface area contributed by atoms with Crippen LogP contribution in [0.5, 0.6) is 0 Å².